The molecule has 0 saturated heterocycles. The summed E-state index contributed by atoms with van der Waals surface area (Å²) in [7, 11) is 0. The van der Waals surface area contributed by atoms with Gasteiger partial charge in [-0.1, -0.05) is 29.8 Å². The second kappa shape index (κ2) is 6.66. The van der Waals surface area contributed by atoms with Crippen LogP contribution in [-0.4, -0.2) is 24.3 Å². The third-order valence-electron chi connectivity index (χ3n) is 2.34. The van der Waals surface area contributed by atoms with Gasteiger partial charge < -0.3 is 9.47 Å². The van der Waals surface area contributed by atoms with Crippen LogP contribution in [0.1, 0.15) is 43.6 Å². The lowest BCUT2D eigenvalue weighted by molar-refractivity contribution is -0.152. The van der Waals surface area contributed by atoms with E-state index < -0.39 is 6.29 Å². The third kappa shape index (κ3) is 4.59. The Morgan fingerprint density at radius 3 is 1.78 bits per heavy atom. The van der Waals surface area contributed by atoms with Crippen LogP contribution in [-0.2, 0) is 9.47 Å². The summed E-state index contributed by atoms with van der Waals surface area (Å²) in [5.74, 6) is -0.127. The number of carbonyl (C=O) groups excluding carboxylic acids is 1. The topological polar surface area (TPSA) is 35.5 Å². The molecule has 0 aliphatic carbocycles. The molecule has 3 nitrogen and oxygen atoms in total. The highest BCUT2D eigenvalue weighted by Gasteiger charge is 2.23. The smallest absolute Gasteiger partial charge is 0.223 e. The van der Waals surface area contributed by atoms with Crippen molar-refractivity contribution in [2.45, 2.75) is 53.1 Å². The summed E-state index contributed by atoms with van der Waals surface area (Å²) in [5, 5.41) is 0. The Kier molecular flexibility index (Phi) is 5.51. The van der Waals surface area contributed by atoms with E-state index in [2.05, 4.69) is 0 Å². The second-order valence-electron chi connectivity index (χ2n) is 4.93. The van der Waals surface area contributed by atoms with Gasteiger partial charge in [-0.05, 0) is 34.6 Å². The molecule has 0 atom stereocenters. The Morgan fingerprint density at radius 2 is 1.39 bits per heavy atom. The molecule has 0 saturated carbocycles. The standard InChI is InChI=1S/C15H22O3/c1-10(2)17-15(18-11(3)4)14(16)13-8-6-12(5)7-9-13/h6-11,15H,1-5H3. The zero-order valence-corrected chi connectivity index (χ0v) is 11.8. The van der Waals surface area contributed by atoms with Crippen LogP contribution in [0, 0.1) is 6.92 Å². The lowest BCUT2D eigenvalue weighted by Gasteiger charge is -2.21. The molecule has 0 spiro atoms. The number of ether oxygens (including phenoxy) is 2. The van der Waals surface area contributed by atoms with Gasteiger partial charge in [-0.3, -0.25) is 4.79 Å². The van der Waals surface area contributed by atoms with Gasteiger partial charge in [0.1, 0.15) is 0 Å². The van der Waals surface area contributed by atoms with E-state index in [4.69, 9.17) is 9.47 Å². The van der Waals surface area contributed by atoms with Crippen molar-refractivity contribution in [1.29, 1.82) is 0 Å². The summed E-state index contributed by atoms with van der Waals surface area (Å²) >= 11 is 0. The summed E-state index contributed by atoms with van der Waals surface area (Å²) in [6.45, 7) is 9.54. The van der Waals surface area contributed by atoms with Gasteiger partial charge in [0.05, 0.1) is 12.2 Å². The highest BCUT2D eigenvalue weighted by Crippen LogP contribution is 2.12. The number of ketones is 1. The molecular weight excluding hydrogens is 228 g/mol. The van der Waals surface area contributed by atoms with Gasteiger partial charge in [-0.2, -0.15) is 0 Å². The van der Waals surface area contributed by atoms with Gasteiger partial charge in [0, 0.05) is 5.56 Å². The Hall–Kier alpha value is -1.19. The molecule has 1 aromatic carbocycles. The van der Waals surface area contributed by atoms with Crippen LogP contribution in [0.3, 0.4) is 0 Å². The average molecular weight is 250 g/mol. The fourth-order valence-electron chi connectivity index (χ4n) is 1.50. The lowest BCUT2D eigenvalue weighted by atomic mass is 10.1. The number of hydrogen-bond acceptors (Lipinski definition) is 3. The average Bonchev–Trinajstić information content (AvgIpc) is 2.27. The molecule has 3 heteroatoms. The molecule has 0 aliphatic rings. The van der Waals surface area contributed by atoms with Crippen molar-refractivity contribution in [1.82, 2.24) is 0 Å². The van der Waals surface area contributed by atoms with E-state index in [1.807, 2.05) is 46.8 Å². The number of aryl methyl sites for hydroxylation is 1. The molecule has 100 valence electrons. The van der Waals surface area contributed by atoms with Crippen LogP contribution in [0.5, 0.6) is 0 Å². The van der Waals surface area contributed by atoms with Crippen LogP contribution in [0.15, 0.2) is 24.3 Å². The normalized spacial score (nSPS) is 11.6. The van der Waals surface area contributed by atoms with E-state index in [1.165, 1.54) is 0 Å². The summed E-state index contributed by atoms with van der Waals surface area (Å²) in [5.41, 5.74) is 1.74. The summed E-state index contributed by atoms with van der Waals surface area (Å²) in [6.07, 6.45) is -0.931. The van der Waals surface area contributed by atoms with E-state index in [0.717, 1.165) is 5.56 Å². The molecule has 0 aliphatic heterocycles. The van der Waals surface area contributed by atoms with E-state index in [9.17, 15) is 4.79 Å². The zero-order valence-electron chi connectivity index (χ0n) is 11.8. The molecule has 0 N–H and O–H groups in total. The quantitative estimate of drug-likeness (QED) is 0.573. The first-order valence-electron chi connectivity index (χ1n) is 6.32. The van der Waals surface area contributed by atoms with Crippen LogP contribution < -0.4 is 0 Å². The van der Waals surface area contributed by atoms with Gasteiger partial charge in [-0.15, -0.1) is 0 Å². The van der Waals surface area contributed by atoms with Crippen LogP contribution in [0.25, 0.3) is 0 Å². The Morgan fingerprint density at radius 1 is 0.944 bits per heavy atom. The highest BCUT2D eigenvalue weighted by atomic mass is 16.7. The summed E-state index contributed by atoms with van der Waals surface area (Å²) in [6, 6.07) is 7.43. The van der Waals surface area contributed by atoms with E-state index in [0.29, 0.717) is 5.56 Å². The predicted molar refractivity (Wildman–Crippen MR) is 71.7 cm³/mol. The number of Topliss-reactive ketones (excluding diaryl/α,β-unsaturated/α-hetero) is 1. The van der Waals surface area contributed by atoms with Gasteiger partial charge in [0.25, 0.3) is 0 Å². The maximum atomic E-state index is 12.3. The van der Waals surface area contributed by atoms with Gasteiger partial charge in [0.15, 0.2) is 0 Å². The fourth-order valence-corrected chi connectivity index (χ4v) is 1.50. The van der Waals surface area contributed by atoms with Gasteiger partial charge in [-0.25, -0.2) is 0 Å². The zero-order chi connectivity index (χ0) is 13.7. The van der Waals surface area contributed by atoms with Crippen molar-refractivity contribution >= 4 is 5.78 Å². The van der Waals surface area contributed by atoms with Gasteiger partial charge in [0.2, 0.25) is 12.1 Å². The van der Waals surface area contributed by atoms with Crippen molar-refractivity contribution in [2.75, 3.05) is 0 Å². The first-order chi connectivity index (χ1) is 8.40. The van der Waals surface area contributed by atoms with Crippen LogP contribution in [0.2, 0.25) is 0 Å². The molecule has 0 amide bonds. The Bertz CT molecular complexity index is 369. The Labute approximate surface area is 109 Å². The third-order valence-corrected chi connectivity index (χ3v) is 2.34. The van der Waals surface area contributed by atoms with Crippen molar-refractivity contribution in [2.24, 2.45) is 0 Å². The number of benzene rings is 1. The Balaban J connectivity index is 2.83. The van der Waals surface area contributed by atoms with E-state index >= 15 is 0 Å². The SMILES string of the molecule is Cc1ccc(C(=O)C(OC(C)C)OC(C)C)cc1. The number of rotatable bonds is 6. The summed E-state index contributed by atoms with van der Waals surface area (Å²) < 4.78 is 11.1. The molecule has 0 radical (unpaired) electrons. The van der Waals surface area contributed by atoms with E-state index in [-0.39, 0.29) is 18.0 Å². The van der Waals surface area contributed by atoms with Crippen molar-refractivity contribution in [3.8, 4) is 0 Å². The largest absolute Gasteiger partial charge is 0.343 e. The maximum absolute atomic E-state index is 12.3. The minimum absolute atomic E-state index is 0.0526. The molecule has 0 aromatic heterocycles. The fraction of sp³-hybridized carbons (Fsp3) is 0.533. The molecule has 0 heterocycles. The summed E-state index contributed by atoms with van der Waals surface area (Å²) in [4.78, 5) is 12.3. The molecule has 0 bridgehead atoms. The number of hydrogen-bond donors (Lipinski definition) is 0. The lowest BCUT2D eigenvalue weighted by Crippen LogP contribution is -2.32. The highest BCUT2D eigenvalue weighted by molar-refractivity contribution is 5.98. The molecule has 0 fully saturated rings. The van der Waals surface area contributed by atoms with Crippen LogP contribution in [0.4, 0.5) is 0 Å². The molecule has 0 unspecified atom stereocenters. The van der Waals surface area contributed by atoms with E-state index in [1.54, 1.807) is 12.1 Å². The van der Waals surface area contributed by atoms with Crippen LogP contribution >= 0.6 is 0 Å². The molecular formula is C15H22O3. The minimum atomic E-state index is -0.826. The van der Waals surface area contributed by atoms with Crippen molar-refractivity contribution in [3.05, 3.63) is 35.4 Å². The first-order valence-corrected chi connectivity index (χ1v) is 6.32. The molecule has 1 rings (SSSR count). The monoisotopic (exact) mass is 250 g/mol. The second-order valence-corrected chi connectivity index (χ2v) is 4.93. The molecule has 18 heavy (non-hydrogen) atoms. The number of carbonyl (C=O) groups is 1. The minimum Gasteiger partial charge on any atom is -0.343 e. The molecule has 1 aromatic rings. The predicted octanol–water partition coefficient (Wildman–Crippen LogP) is 3.35. The van der Waals surface area contributed by atoms with Crippen molar-refractivity contribution in [3.63, 3.8) is 0 Å². The van der Waals surface area contributed by atoms with Crippen molar-refractivity contribution < 1.29 is 14.3 Å². The maximum Gasteiger partial charge on any atom is 0.223 e. The van der Waals surface area contributed by atoms with Gasteiger partial charge >= 0.3 is 0 Å². The first kappa shape index (κ1) is 14.9.